The van der Waals surface area contributed by atoms with Crippen molar-refractivity contribution in [3.63, 3.8) is 0 Å². The first kappa shape index (κ1) is 30.7. The van der Waals surface area contributed by atoms with Gasteiger partial charge in [0.1, 0.15) is 0 Å². The summed E-state index contributed by atoms with van der Waals surface area (Å²) in [6.45, 7) is 4.73. The maximum absolute atomic E-state index is 12.6. The Morgan fingerprint density at radius 3 is 2.19 bits per heavy atom. The van der Waals surface area contributed by atoms with Gasteiger partial charge < -0.3 is 14.5 Å². The van der Waals surface area contributed by atoms with Crippen LogP contribution in [-0.2, 0) is 22.7 Å². The molecule has 0 aliphatic heterocycles. The van der Waals surface area contributed by atoms with Crippen LogP contribution < -0.4 is 0 Å². The Balaban J connectivity index is 1.41. The van der Waals surface area contributed by atoms with E-state index in [4.69, 9.17) is 9.51 Å². The normalized spacial score (nSPS) is 11.8. The van der Waals surface area contributed by atoms with Crippen molar-refractivity contribution < 1.29 is 19.2 Å². The van der Waals surface area contributed by atoms with Gasteiger partial charge in [-0.1, -0.05) is 118 Å². The van der Waals surface area contributed by atoms with E-state index < -0.39 is 11.9 Å². The molecule has 0 aliphatic carbocycles. The van der Waals surface area contributed by atoms with Crippen molar-refractivity contribution in [1.29, 1.82) is 0 Å². The van der Waals surface area contributed by atoms with Gasteiger partial charge in [0.05, 0.1) is 0 Å². The molecule has 0 aliphatic rings. The molecule has 0 radical (unpaired) electrons. The van der Waals surface area contributed by atoms with Crippen LogP contribution in [0.2, 0.25) is 0 Å². The highest BCUT2D eigenvalue weighted by molar-refractivity contribution is 6.31. The lowest BCUT2D eigenvalue weighted by Crippen LogP contribution is -2.35. The van der Waals surface area contributed by atoms with E-state index in [2.05, 4.69) is 19.0 Å². The molecule has 7 nitrogen and oxygen atoms in total. The monoisotopic (exact) mass is 567 g/mol. The summed E-state index contributed by atoms with van der Waals surface area (Å²) < 4.78 is 5.61. The number of amides is 1. The zero-order chi connectivity index (χ0) is 29.7. The molecular formula is C35H41N3O4. The molecule has 0 spiro atoms. The molecule has 4 rings (SSSR count). The third-order valence-corrected chi connectivity index (χ3v) is 7.66. The van der Waals surface area contributed by atoms with Crippen molar-refractivity contribution in [3.8, 4) is 22.6 Å². The molecule has 1 N–H and O–H groups in total. The Morgan fingerprint density at radius 1 is 0.786 bits per heavy atom. The molecule has 1 aromatic heterocycles. The molecule has 0 bridgehead atoms. The minimum Gasteiger partial charge on any atom is -0.474 e. The molecule has 3 aromatic carbocycles. The highest BCUT2D eigenvalue weighted by atomic mass is 16.5. The molecule has 0 saturated heterocycles. The molecule has 1 amide bonds. The molecule has 1 heterocycles. The number of carbonyl (C=O) groups is 2. The van der Waals surface area contributed by atoms with Gasteiger partial charge in [-0.15, -0.1) is 0 Å². The number of nitrogens with zero attached hydrogens (tertiary/aromatic N) is 3. The Bertz CT molecular complexity index is 1420. The molecule has 220 valence electrons. The highest BCUT2D eigenvalue weighted by Crippen LogP contribution is 2.27. The molecule has 7 heteroatoms. The second kappa shape index (κ2) is 15.7. The zero-order valence-corrected chi connectivity index (χ0v) is 24.7. The Kier molecular flexibility index (Phi) is 11.4. The van der Waals surface area contributed by atoms with Gasteiger partial charge in [-0.25, -0.2) is 4.79 Å². The van der Waals surface area contributed by atoms with E-state index in [1.807, 2.05) is 78.9 Å². The molecular weight excluding hydrogens is 526 g/mol. The van der Waals surface area contributed by atoms with E-state index in [-0.39, 0.29) is 19.0 Å². The lowest BCUT2D eigenvalue weighted by molar-refractivity contribution is -0.156. The van der Waals surface area contributed by atoms with Crippen LogP contribution in [0.3, 0.4) is 0 Å². The predicted molar refractivity (Wildman–Crippen MR) is 165 cm³/mol. The summed E-state index contributed by atoms with van der Waals surface area (Å²) >= 11 is 0. The smallest absolute Gasteiger partial charge is 0.394 e. The van der Waals surface area contributed by atoms with Crippen molar-refractivity contribution in [1.82, 2.24) is 15.0 Å². The summed E-state index contributed by atoms with van der Waals surface area (Å²) in [6, 6.07) is 25.3. The van der Waals surface area contributed by atoms with Crippen LogP contribution in [0, 0.1) is 0 Å². The summed E-state index contributed by atoms with van der Waals surface area (Å²) in [5.74, 6) is -0.920. The molecule has 0 fully saturated rings. The standard InChI is InChI=1S/C35H41N3O4/c1-3-5-6-7-8-10-15-28(4-2)32-36-33(42-37-32)30-21-19-26(20-22-30)24-38(34(39)35(40)41)25-27-14-13-18-31(23-27)29-16-11-9-12-17-29/h9,11-14,16-23,28H,3-8,10,15,24-25H2,1-2H3,(H,40,41). The fourth-order valence-electron chi connectivity index (χ4n) is 5.21. The molecule has 0 saturated carbocycles. The van der Waals surface area contributed by atoms with Crippen LogP contribution in [0.1, 0.15) is 88.1 Å². The van der Waals surface area contributed by atoms with Gasteiger partial charge in [0.25, 0.3) is 5.89 Å². The van der Waals surface area contributed by atoms with E-state index in [0.717, 1.165) is 46.5 Å². The number of carboxylic acids is 1. The van der Waals surface area contributed by atoms with Crippen LogP contribution in [-0.4, -0.2) is 32.0 Å². The number of hydrogen-bond donors (Lipinski definition) is 1. The van der Waals surface area contributed by atoms with Crippen molar-refractivity contribution in [2.45, 2.75) is 84.2 Å². The van der Waals surface area contributed by atoms with Crippen molar-refractivity contribution in [2.24, 2.45) is 0 Å². The highest BCUT2D eigenvalue weighted by Gasteiger charge is 2.22. The second-order valence-corrected chi connectivity index (χ2v) is 10.8. The van der Waals surface area contributed by atoms with Gasteiger partial charge in [-0.05, 0) is 53.3 Å². The minimum absolute atomic E-state index is 0.159. The summed E-state index contributed by atoms with van der Waals surface area (Å²) in [7, 11) is 0. The Labute approximate surface area is 248 Å². The Hall–Kier alpha value is -4.26. The number of aromatic nitrogens is 2. The van der Waals surface area contributed by atoms with Crippen molar-refractivity contribution in [3.05, 3.63) is 95.8 Å². The molecule has 4 aromatic rings. The summed E-state index contributed by atoms with van der Waals surface area (Å²) in [5, 5.41) is 13.8. The number of rotatable bonds is 15. The van der Waals surface area contributed by atoms with Crippen LogP contribution in [0.25, 0.3) is 22.6 Å². The SMILES string of the molecule is CCCCCCCCC(CC)c1noc(-c2ccc(CN(Cc3cccc(-c4ccccc4)c3)C(=O)C(=O)O)cc2)n1. The first-order valence-corrected chi connectivity index (χ1v) is 15.1. The second-order valence-electron chi connectivity index (χ2n) is 10.8. The fraction of sp³-hybridized carbons (Fsp3) is 0.371. The van der Waals surface area contributed by atoms with Crippen molar-refractivity contribution in [2.75, 3.05) is 0 Å². The lowest BCUT2D eigenvalue weighted by Gasteiger charge is -2.21. The largest absolute Gasteiger partial charge is 0.474 e. The summed E-state index contributed by atoms with van der Waals surface area (Å²) in [6.07, 6.45) is 9.58. The van der Waals surface area contributed by atoms with Crippen LogP contribution in [0.15, 0.2) is 83.4 Å². The van der Waals surface area contributed by atoms with Crippen LogP contribution >= 0.6 is 0 Å². The number of unbranched alkanes of at least 4 members (excludes halogenated alkanes) is 5. The summed E-state index contributed by atoms with van der Waals surface area (Å²) in [4.78, 5) is 30.3. The third-order valence-electron chi connectivity index (χ3n) is 7.66. The number of benzene rings is 3. The molecule has 1 unspecified atom stereocenters. The Morgan fingerprint density at radius 2 is 1.48 bits per heavy atom. The summed E-state index contributed by atoms with van der Waals surface area (Å²) in [5.41, 5.74) is 4.52. The zero-order valence-electron chi connectivity index (χ0n) is 24.7. The minimum atomic E-state index is -1.48. The van der Waals surface area contributed by atoms with E-state index in [1.54, 1.807) is 0 Å². The third kappa shape index (κ3) is 8.62. The maximum Gasteiger partial charge on any atom is 0.394 e. The van der Waals surface area contributed by atoms with E-state index >= 15 is 0 Å². The van der Waals surface area contributed by atoms with Gasteiger partial charge in [0.15, 0.2) is 5.82 Å². The number of carboxylic acid groups (broad SMARTS) is 1. The van der Waals surface area contributed by atoms with Gasteiger partial charge in [0.2, 0.25) is 0 Å². The fourth-order valence-corrected chi connectivity index (χ4v) is 5.21. The van der Waals surface area contributed by atoms with Crippen LogP contribution in [0.4, 0.5) is 0 Å². The lowest BCUT2D eigenvalue weighted by atomic mass is 9.97. The first-order valence-electron chi connectivity index (χ1n) is 15.1. The van der Waals surface area contributed by atoms with E-state index in [9.17, 15) is 14.7 Å². The first-order chi connectivity index (χ1) is 20.5. The molecule has 42 heavy (non-hydrogen) atoms. The van der Waals surface area contributed by atoms with Gasteiger partial charge in [-0.2, -0.15) is 4.98 Å². The van der Waals surface area contributed by atoms with E-state index in [0.29, 0.717) is 5.89 Å². The number of hydrogen-bond acceptors (Lipinski definition) is 5. The van der Waals surface area contributed by atoms with E-state index in [1.165, 1.54) is 43.4 Å². The average molecular weight is 568 g/mol. The number of aliphatic carboxylic acids is 1. The number of carbonyl (C=O) groups excluding carboxylic acids is 1. The topological polar surface area (TPSA) is 96.5 Å². The van der Waals surface area contributed by atoms with Crippen molar-refractivity contribution >= 4 is 11.9 Å². The van der Waals surface area contributed by atoms with Gasteiger partial charge >= 0.3 is 11.9 Å². The predicted octanol–water partition coefficient (Wildman–Crippen LogP) is 8.26. The van der Waals surface area contributed by atoms with Gasteiger partial charge in [0, 0.05) is 24.6 Å². The van der Waals surface area contributed by atoms with Crippen LogP contribution in [0.5, 0.6) is 0 Å². The average Bonchev–Trinajstić information content (AvgIpc) is 3.51. The quantitative estimate of drug-likeness (QED) is 0.115. The maximum atomic E-state index is 12.6. The molecule has 1 atom stereocenters. The van der Waals surface area contributed by atoms with Gasteiger partial charge in [-0.3, -0.25) is 4.79 Å².